The second-order valence-corrected chi connectivity index (χ2v) is 0. The fourth-order valence-corrected chi connectivity index (χ4v) is 0. The number of hydrogen-bond donors (Lipinski definition) is 0. The maximum Gasteiger partial charge on any atom is 0 e. The van der Waals surface area contributed by atoms with Crippen LogP contribution >= 0.6 is 0 Å². The molecule has 0 aromatic carbocycles. The van der Waals surface area contributed by atoms with Crippen LogP contribution in [0.25, 0.3) is 0 Å². The van der Waals surface area contributed by atoms with Crippen LogP contribution in [-0.4, -0.2) is 0 Å². The molecule has 0 amide bonds. The Morgan fingerprint density at radius 3 is 0.0125 bits per heavy atom. The Morgan fingerprint density at radius 2 is 0.0125 bits per heavy atom. The zero-order chi connectivity index (χ0) is 0. The van der Waals surface area contributed by atoms with Gasteiger partial charge in [0.15, 0.2) is 0 Å². The normalized spacial score (nSPS) is 0. The summed E-state index contributed by atoms with van der Waals surface area (Å²) in [7, 11) is 0. The molecule has 80 heavy (non-hydrogen) atoms. The topological polar surface area (TPSA) is 0 Å². The molecule has 0 N–H and O–H groups in total. The van der Waals surface area contributed by atoms with Crippen LogP contribution in [0.4, 0.5) is 0 Å². The predicted octanol–water partition coefficient (Wildman–Crippen LogP) is 0. The summed E-state index contributed by atoms with van der Waals surface area (Å²) in [6.07, 6.45) is 0. The van der Waals surface area contributed by atoms with Gasteiger partial charge >= 0.3 is 0 Å². The summed E-state index contributed by atoms with van der Waals surface area (Å²) in [5, 5.41) is 0. The van der Waals surface area contributed by atoms with Crippen molar-refractivity contribution in [3.63, 3.8) is 0 Å². The average Bonchev–Trinajstić information content (AvgIpc) is 0. The summed E-state index contributed by atoms with van der Waals surface area (Å²) >= 11 is 0. The van der Waals surface area contributed by atoms with Gasteiger partial charge in [0.05, 0.1) is 0 Å². The third-order valence-electron chi connectivity index (χ3n) is 0. The molecule has 0 aromatic rings. The van der Waals surface area contributed by atoms with Gasteiger partial charge in [-0.2, -0.15) is 0 Å². The van der Waals surface area contributed by atoms with Crippen molar-refractivity contribution in [2.24, 2.45) is 0 Å². The van der Waals surface area contributed by atoms with Gasteiger partial charge < -0.3 is 0 Å². The Labute approximate surface area is 2960 Å². The van der Waals surface area contributed by atoms with E-state index in [4.69, 9.17) is 0 Å². The molecule has 0 nitrogen and oxygen atoms in total. The van der Waals surface area contributed by atoms with Gasteiger partial charge in [-0.3, -0.25) is 0 Å². The summed E-state index contributed by atoms with van der Waals surface area (Å²) in [5.41, 5.74) is 0. The summed E-state index contributed by atoms with van der Waals surface area (Å²) < 4.78 is 0. The van der Waals surface area contributed by atoms with Crippen molar-refractivity contribution in [1.29, 1.82) is 0 Å². The van der Waals surface area contributed by atoms with Gasteiger partial charge in [0.1, 0.15) is 0 Å². The number of rotatable bonds is 0. The third-order valence-corrected chi connectivity index (χ3v) is 0. The second kappa shape index (κ2) is 562. The molecule has 0 saturated carbocycles. The molecule has 80 heteroatoms. The van der Waals surface area contributed by atoms with Crippen molar-refractivity contribution in [2.45, 2.75) is 0 Å². The molecular weight excluding hydrogens is 12700 g/mol. The minimum atomic E-state index is 0. The fourth-order valence-electron chi connectivity index (χ4n) is 0. The van der Waals surface area contributed by atoms with E-state index < -0.39 is 0 Å². The van der Waals surface area contributed by atoms with Crippen molar-refractivity contribution >= 4 is 0 Å². The first-order chi connectivity index (χ1) is 0. The van der Waals surface area contributed by atoms with Crippen LogP contribution in [0.3, 0.4) is 0 Å². The van der Waals surface area contributed by atoms with Crippen LogP contribution in [0.15, 0.2) is 0 Å². The second-order valence-electron chi connectivity index (χ2n) is 0. The molecular formula is Tb80. The molecule has 0 heterocycles. The monoisotopic (exact) mass is 12700 g/mol. The molecule has 0 unspecified atom stereocenters. The van der Waals surface area contributed by atoms with Gasteiger partial charge in [-0.05, 0) is 0 Å². The van der Waals surface area contributed by atoms with Crippen molar-refractivity contribution in [1.82, 2.24) is 0 Å². The van der Waals surface area contributed by atoms with E-state index in [0.29, 0.717) is 0 Å². The summed E-state index contributed by atoms with van der Waals surface area (Å²) in [4.78, 5) is 0. The summed E-state index contributed by atoms with van der Waals surface area (Å²) in [6, 6.07) is 0. The van der Waals surface area contributed by atoms with Gasteiger partial charge in [-0.1, -0.05) is 0 Å². The van der Waals surface area contributed by atoms with Crippen LogP contribution in [0.1, 0.15) is 0 Å². The van der Waals surface area contributed by atoms with E-state index in [0.717, 1.165) is 0 Å². The zero-order valence-corrected chi connectivity index (χ0v) is 198. The minimum absolute atomic E-state index is 0. The zero-order valence-electron chi connectivity index (χ0n) is 26.7. The third kappa shape index (κ3) is 553. The Hall–Kier alpha value is 103. The first kappa shape index (κ1) is 572. The molecule has 720 valence electrons. The van der Waals surface area contributed by atoms with E-state index in [1.807, 2.05) is 0 Å². The fraction of sp³-hybridized carbons (Fsp3) is 0. The van der Waals surface area contributed by atoms with E-state index in [1.54, 1.807) is 0 Å². The van der Waals surface area contributed by atoms with E-state index >= 15 is 0 Å². The molecule has 0 rings (SSSR count). The Balaban J connectivity index is 0. The first-order valence-electron chi connectivity index (χ1n) is 0. The predicted molar refractivity (Wildman–Crippen MR) is 0 cm³/mol. The first-order valence-corrected chi connectivity index (χ1v) is 0. The van der Waals surface area contributed by atoms with Gasteiger partial charge in [0.25, 0.3) is 0 Å². The Morgan fingerprint density at radius 1 is 0.0125 bits per heavy atom. The van der Waals surface area contributed by atoms with Gasteiger partial charge in [0.2, 0.25) is 0 Å². The standard InChI is InChI=1S/80Tb. The van der Waals surface area contributed by atoms with Crippen LogP contribution in [0.2, 0.25) is 0 Å². The summed E-state index contributed by atoms with van der Waals surface area (Å²) in [5.74, 6) is 0. The molecule has 0 aliphatic rings. The van der Waals surface area contributed by atoms with Gasteiger partial charge in [0, 0.05) is 3090 Å². The SMILES string of the molecule is [Tb].[Tb].[Tb].[Tb].[Tb].[Tb].[Tb].[Tb].[Tb].[Tb].[Tb].[Tb].[Tb].[Tb].[Tb].[Tb].[Tb].[Tb].[Tb].[Tb].[Tb].[Tb].[Tb].[Tb].[Tb].[Tb].[Tb].[Tb].[Tb].[Tb].[Tb].[Tb].[Tb].[Tb].[Tb].[Tb].[Tb].[Tb].[Tb].[Tb].[Tb].[Tb].[Tb].[Tb].[Tb].[Tb].[Tb].[Tb].[Tb].[Tb].[Tb].[Tb].[Tb].[Tb].[Tb].[Tb].[Tb].[Tb].[Tb].[Tb].[Tb].[Tb].[Tb].[Tb].[Tb].[Tb].[Tb].[Tb].[Tb].[Tb].[Tb].[Tb].[Tb].[Tb].[Tb].[Tb].[Tb].[Tb].[Tb].[Tb]. The largest absolute Gasteiger partial charge is 0 e. The van der Waals surface area contributed by atoms with Gasteiger partial charge in [-0.15, -0.1) is 0 Å². The molecule has 0 aliphatic carbocycles. The molecule has 0 spiro atoms. The van der Waals surface area contributed by atoms with Gasteiger partial charge in [-0.25, -0.2) is 0 Å². The van der Waals surface area contributed by atoms with Crippen LogP contribution in [0.5, 0.6) is 0 Å². The molecule has 0 bridgehead atoms. The van der Waals surface area contributed by atoms with Crippen LogP contribution in [-0.2, 0) is 0 Å². The van der Waals surface area contributed by atoms with E-state index in [1.165, 1.54) is 0 Å². The number of hydrogen-bond acceptors (Lipinski definition) is 0. The van der Waals surface area contributed by atoms with Crippen molar-refractivity contribution < 1.29 is 3090 Å². The summed E-state index contributed by atoms with van der Waals surface area (Å²) in [6.45, 7) is 0. The van der Waals surface area contributed by atoms with E-state index in [-0.39, 0.29) is 3090 Å². The molecule has 0 fully saturated rings. The maximum absolute atomic E-state index is 0. The quantitative estimate of drug-likeness (QED) is 0.321. The average molecular weight is 12700 g/mol. The molecule has 80 radical (unpaired) electrons. The van der Waals surface area contributed by atoms with E-state index in [2.05, 4.69) is 0 Å². The minimum Gasteiger partial charge on any atom is 0 e. The van der Waals surface area contributed by atoms with Crippen molar-refractivity contribution in [3.05, 3.63) is 0 Å². The molecule has 0 saturated heterocycles. The Bertz CT molecular complexity index is 0. The van der Waals surface area contributed by atoms with Crippen LogP contribution in [0, 0.1) is 3090 Å². The van der Waals surface area contributed by atoms with Crippen molar-refractivity contribution in [2.75, 3.05) is 0 Å². The van der Waals surface area contributed by atoms with Crippen molar-refractivity contribution in [3.8, 4) is 0 Å². The smallest absolute Gasteiger partial charge is 0 e. The Kier molecular flexibility index (Phi) is 4020. The van der Waals surface area contributed by atoms with E-state index in [9.17, 15) is 0 Å². The molecule has 0 aliphatic heterocycles. The maximum atomic E-state index is 0. The molecule has 0 atom stereocenters. The molecule has 0 aromatic heterocycles. The van der Waals surface area contributed by atoms with Crippen LogP contribution < -0.4 is 0 Å².